The largest absolute Gasteiger partial charge is 0.742 e. The van der Waals surface area contributed by atoms with E-state index in [9.17, 15) is 14.7 Å². The Kier molecular flexibility index (Phi) is 24.1. The summed E-state index contributed by atoms with van der Waals surface area (Å²) in [4.78, 5) is 18.9. The highest BCUT2D eigenvalue weighted by atomic mass is 32.1. The highest BCUT2D eigenvalue weighted by Gasteiger charge is 1.65. The summed E-state index contributed by atoms with van der Waals surface area (Å²) >= 11 is 4.14. The minimum absolute atomic E-state index is 0.0833. The van der Waals surface area contributed by atoms with Crippen LogP contribution in [0.4, 0.5) is 0 Å². The summed E-state index contributed by atoms with van der Waals surface area (Å²) in [5.41, 5.74) is 0. The van der Waals surface area contributed by atoms with Crippen molar-refractivity contribution in [2.75, 3.05) is 6.61 Å². The average molecular weight is 220 g/mol. The van der Waals surface area contributed by atoms with Gasteiger partial charge >= 0.3 is 0 Å². The van der Waals surface area contributed by atoms with Gasteiger partial charge in [0, 0.05) is 11.1 Å². The van der Waals surface area contributed by atoms with E-state index in [0.29, 0.717) is 6.42 Å². The maximum atomic E-state index is 9.63. The number of carbonyl (C=O) groups excluding carboxylic acids is 2. The minimum atomic E-state index is -0.995. The molecule has 0 aromatic rings. The summed E-state index contributed by atoms with van der Waals surface area (Å²) in [5, 5.41) is 16.9. The van der Waals surface area contributed by atoms with Crippen molar-refractivity contribution in [3.05, 3.63) is 12.7 Å². The highest BCUT2D eigenvalue weighted by Crippen LogP contribution is 1.69. The number of carboxylic acids is 1. The van der Waals surface area contributed by atoms with Crippen LogP contribution in [0.25, 0.3) is 0 Å². The molecule has 5 heteroatoms. The van der Waals surface area contributed by atoms with E-state index in [-0.39, 0.29) is 18.1 Å². The topological polar surface area (TPSA) is 77.4 Å². The average Bonchev–Trinajstić information content (AvgIpc) is 2.19. The molecule has 0 saturated heterocycles. The van der Waals surface area contributed by atoms with Crippen molar-refractivity contribution in [3.8, 4) is 0 Å². The van der Waals surface area contributed by atoms with Crippen molar-refractivity contribution in [1.29, 1.82) is 0 Å². The number of rotatable bonds is 3. The summed E-state index contributed by atoms with van der Waals surface area (Å²) in [7, 11) is 0. The first kappa shape index (κ1) is 18.8. The van der Waals surface area contributed by atoms with E-state index in [1.807, 2.05) is 0 Å². The van der Waals surface area contributed by atoms with E-state index in [4.69, 9.17) is 5.11 Å². The molecule has 1 N–H and O–H groups in total. The minimum Gasteiger partial charge on any atom is -0.742 e. The lowest BCUT2D eigenvalue weighted by Crippen LogP contribution is -2.19. The zero-order valence-corrected chi connectivity index (χ0v) is 9.30. The lowest BCUT2D eigenvalue weighted by molar-refractivity contribution is -0.305. The standard InChI is InChI=1S/C3H6O2.C3H6OS.C3H6O/c2*1-2-3(4)5;1-2-3-4/h2*2H2,1H3,(H,4,5);2,4H,1,3H2/p-2. The van der Waals surface area contributed by atoms with Crippen LogP contribution in [0, 0.1) is 0 Å². The fraction of sp³-hybridized carbons (Fsp3) is 0.556. The fourth-order valence-electron chi connectivity index (χ4n) is 0. The van der Waals surface area contributed by atoms with Crippen molar-refractivity contribution in [2.45, 2.75) is 26.7 Å². The van der Waals surface area contributed by atoms with Gasteiger partial charge in [-0.2, -0.15) is 0 Å². The second kappa shape index (κ2) is 18.0. The van der Waals surface area contributed by atoms with Gasteiger partial charge in [0.15, 0.2) is 0 Å². The van der Waals surface area contributed by atoms with Crippen LogP contribution in [0.2, 0.25) is 0 Å². The van der Waals surface area contributed by atoms with Crippen molar-refractivity contribution in [2.24, 2.45) is 0 Å². The van der Waals surface area contributed by atoms with Crippen molar-refractivity contribution < 1.29 is 19.8 Å². The molecular formula is C9H16O4S-2. The Morgan fingerprint density at radius 3 is 1.64 bits per heavy atom. The molecule has 84 valence electrons. The van der Waals surface area contributed by atoms with Gasteiger partial charge in [0.2, 0.25) is 0 Å². The SMILES string of the molecule is C=CCO.CCC(=O)[O-].CCC(=O)[S-]. The molecule has 0 aliphatic heterocycles. The first-order chi connectivity index (χ1) is 6.45. The predicted octanol–water partition coefficient (Wildman–Crippen LogP) is -0.219. The Balaban J connectivity index is -0.000000131. The Labute approximate surface area is 90.0 Å². The number of carboxylic acid groups (broad SMARTS) is 1. The Hall–Kier alpha value is -0.940. The quantitative estimate of drug-likeness (QED) is 0.525. The summed E-state index contributed by atoms with van der Waals surface area (Å²) in [6.07, 6.45) is 2.02. The predicted molar refractivity (Wildman–Crippen MR) is 55.2 cm³/mol. The zero-order chi connectivity index (χ0) is 12.0. The molecule has 14 heavy (non-hydrogen) atoms. The summed E-state index contributed by atoms with van der Waals surface area (Å²) in [6, 6.07) is 0. The number of carbonyl (C=O) groups is 2. The van der Waals surface area contributed by atoms with E-state index in [1.165, 1.54) is 13.0 Å². The van der Waals surface area contributed by atoms with Crippen LogP contribution in [-0.2, 0) is 22.2 Å². The highest BCUT2D eigenvalue weighted by molar-refractivity contribution is 7.77. The third-order valence-electron chi connectivity index (χ3n) is 0.706. The number of aliphatic hydroxyl groups excluding tert-OH is 1. The van der Waals surface area contributed by atoms with E-state index >= 15 is 0 Å². The van der Waals surface area contributed by atoms with Gasteiger partial charge < -0.3 is 32.4 Å². The van der Waals surface area contributed by atoms with Crippen LogP contribution in [0.1, 0.15) is 26.7 Å². The molecule has 0 aliphatic rings. The second-order valence-electron chi connectivity index (χ2n) is 1.92. The molecule has 0 aromatic carbocycles. The van der Waals surface area contributed by atoms with Crippen molar-refractivity contribution >= 4 is 23.7 Å². The van der Waals surface area contributed by atoms with E-state index < -0.39 is 5.97 Å². The second-order valence-corrected chi connectivity index (χ2v) is 2.38. The Morgan fingerprint density at radius 1 is 1.43 bits per heavy atom. The smallest absolute Gasteiger partial charge is 0.0609 e. The molecule has 0 atom stereocenters. The molecule has 0 unspecified atom stereocenters. The van der Waals surface area contributed by atoms with Crippen LogP contribution in [-0.4, -0.2) is 22.8 Å². The summed E-state index contributed by atoms with van der Waals surface area (Å²) in [6.45, 7) is 6.59. The molecule has 0 spiro atoms. The normalized spacial score (nSPS) is 7.07. The molecule has 0 fully saturated rings. The molecule has 0 rings (SSSR count). The number of aliphatic carboxylic acids is 1. The Bertz CT molecular complexity index is 143. The lowest BCUT2D eigenvalue weighted by Gasteiger charge is -1.91. The van der Waals surface area contributed by atoms with Crippen molar-refractivity contribution in [1.82, 2.24) is 0 Å². The van der Waals surface area contributed by atoms with Gasteiger partial charge in [-0.1, -0.05) is 19.9 Å². The van der Waals surface area contributed by atoms with Gasteiger partial charge in [-0.15, -0.1) is 6.58 Å². The third kappa shape index (κ3) is 67.9. The van der Waals surface area contributed by atoms with E-state index in [0.717, 1.165) is 0 Å². The van der Waals surface area contributed by atoms with Gasteiger partial charge in [0.25, 0.3) is 0 Å². The first-order valence-electron chi connectivity index (χ1n) is 4.07. The van der Waals surface area contributed by atoms with Gasteiger partial charge in [-0.3, -0.25) is 0 Å². The molecule has 0 amide bonds. The van der Waals surface area contributed by atoms with Crippen LogP contribution in [0.3, 0.4) is 0 Å². The van der Waals surface area contributed by atoms with E-state index in [2.05, 4.69) is 19.2 Å². The van der Waals surface area contributed by atoms with Gasteiger partial charge in [0.1, 0.15) is 0 Å². The van der Waals surface area contributed by atoms with Crippen molar-refractivity contribution in [3.63, 3.8) is 0 Å². The number of hydrogen-bond donors (Lipinski definition) is 1. The molecule has 0 radical (unpaired) electrons. The zero-order valence-electron chi connectivity index (χ0n) is 8.49. The van der Waals surface area contributed by atoms with Crippen LogP contribution in [0.5, 0.6) is 0 Å². The third-order valence-corrected chi connectivity index (χ3v) is 0.995. The number of hydrogen-bond acceptors (Lipinski definition) is 5. The molecule has 0 aliphatic carbocycles. The molecule has 4 nitrogen and oxygen atoms in total. The maximum absolute atomic E-state index is 9.63. The molecule has 0 aromatic heterocycles. The van der Waals surface area contributed by atoms with Crippen LogP contribution >= 0.6 is 0 Å². The number of aliphatic hydroxyl groups is 1. The van der Waals surface area contributed by atoms with Crippen LogP contribution < -0.4 is 5.11 Å². The molecule has 0 bridgehead atoms. The molecular weight excluding hydrogens is 204 g/mol. The van der Waals surface area contributed by atoms with Gasteiger partial charge in [-0.25, -0.2) is 0 Å². The monoisotopic (exact) mass is 220 g/mol. The van der Waals surface area contributed by atoms with Crippen LogP contribution in [0.15, 0.2) is 12.7 Å². The lowest BCUT2D eigenvalue weighted by atomic mass is 10.5. The summed E-state index contributed by atoms with van der Waals surface area (Å²) < 4.78 is 0. The fourth-order valence-corrected chi connectivity index (χ4v) is 0. The summed E-state index contributed by atoms with van der Waals surface area (Å²) in [5.74, 6) is -0.995. The molecule has 0 heterocycles. The Morgan fingerprint density at radius 2 is 1.64 bits per heavy atom. The van der Waals surface area contributed by atoms with Gasteiger partial charge in [0.05, 0.1) is 6.61 Å². The van der Waals surface area contributed by atoms with Gasteiger partial charge in [-0.05, 0) is 12.8 Å². The first-order valence-corrected chi connectivity index (χ1v) is 4.48. The van der Waals surface area contributed by atoms with E-state index in [1.54, 1.807) is 6.92 Å². The maximum Gasteiger partial charge on any atom is 0.0609 e. The molecule has 0 saturated carbocycles.